The van der Waals surface area contributed by atoms with Crippen LogP contribution in [0, 0.1) is 0 Å². The van der Waals surface area contributed by atoms with Gasteiger partial charge in [0, 0.05) is 31.0 Å². The van der Waals surface area contributed by atoms with Gasteiger partial charge in [-0.15, -0.1) is 0 Å². The van der Waals surface area contributed by atoms with Crippen molar-refractivity contribution < 1.29 is 14.3 Å². The Hall–Kier alpha value is -1.95. The standard InChI is InChI=1S/C13H15N3O3/c17-12-8-19-11-3-6-16(7-10(11)15-12)13(18)9-1-4-14-5-2-9/h1-2,4-5,10-11H,3,6-8H2,(H,15,17)/t10-,11-/m0/s1. The fourth-order valence-corrected chi connectivity index (χ4v) is 2.56. The first kappa shape index (κ1) is 12.1. The molecule has 2 saturated heterocycles. The number of nitrogens with one attached hydrogen (secondary N) is 1. The van der Waals surface area contributed by atoms with E-state index in [4.69, 9.17) is 4.74 Å². The first-order valence-electron chi connectivity index (χ1n) is 6.34. The van der Waals surface area contributed by atoms with Crippen molar-refractivity contribution in [3.8, 4) is 0 Å². The highest BCUT2D eigenvalue weighted by molar-refractivity contribution is 5.94. The second-order valence-electron chi connectivity index (χ2n) is 4.80. The van der Waals surface area contributed by atoms with Crippen LogP contribution in [0.2, 0.25) is 0 Å². The number of hydrogen-bond donors (Lipinski definition) is 1. The van der Waals surface area contributed by atoms with Gasteiger partial charge in [0.25, 0.3) is 5.91 Å². The third-order valence-electron chi connectivity index (χ3n) is 3.54. The number of aromatic nitrogens is 1. The van der Waals surface area contributed by atoms with Gasteiger partial charge in [-0.25, -0.2) is 0 Å². The molecule has 6 heteroatoms. The van der Waals surface area contributed by atoms with E-state index in [1.807, 2.05) is 0 Å². The van der Waals surface area contributed by atoms with E-state index in [0.29, 0.717) is 18.7 Å². The third kappa shape index (κ3) is 2.44. The lowest BCUT2D eigenvalue weighted by molar-refractivity contribution is -0.139. The number of fused-ring (bicyclic) bond motifs is 1. The van der Waals surface area contributed by atoms with Crippen molar-refractivity contribution in [3.05, 3.63) is 30.1 Å². The number of nitrogens with zero attached hydrogens (tertiary/aromatic N) is 2. The molecule has 0 spiro atoms. The zero-order valence-electron chi connectivity index (χ0n) is 10.4. The molecule has 0 unspecified atom stereocenters. The number of piperidine rings is 1. The quantitative estimate of drug-likeness (QED) is 0.760. The Morgan fingerprint density at radius 1 is 1.42 bits per heavy atom. The molecular formula is C13H15N3O3. The SMILES string of the molecule is O=C1CO[C@H]2CCN(C(=O)c3ccncc3)C[C@@H]2N1. The van der Waals surface area contributed by atoms with Gasteiger partial charge in [0.2, 0.25) is 5.91 Å². The molecule has 1 aromatic rings. The molecule has 0 aliphatic carbocycles. The van der Waals surface area contributed by atoms with E-state index < -0.39 is 0 Å². The molecule has 0 radical (unpaired) electrons. The molecule has 2 amide bonds. The molecule has 2 aliphatic heterocycles. The van der Waals surface area contributed by atoms with Crippen LogP contribution in [-0.2, 0) is 9.53 Å². The van der Waals surface area contributed by atoms with Crippen molar-refractivity contribution in [2.75, 3.05) is 19.7 Å². The third-order valence-corrected chi connectivity index (χ3v) is 3.54. The second kappa shape index (κ2) is 4.97. The summed E-state index contributed by atoms with van der Waals surface area (Å²) in [6, 6.07) is 3.30. The van der Waals surface area contributed by atoms with Crippen molar-refractivity contribution in [1.29, 1.82) is 0 Å². The van der Waals surface area contributed by atoms with Gasteiger partial charge < -0.3 is 15.0 Å². The lowest BCUT2D eigenvalue weighted by Gasteiger charge is -2.41. The van der Waals surface area contributed by atoms with E-state index in [9.17, 15) is 9.59 Å². The van der Waals surface area contributed by atoms with Gasteiger partial charge in [-0.1, -0.05) is 0 Å². The van der Waals surface area contributed by atoms with Gasteiger partial charge in [-0.3, -0.25) is 14.6 Å². The highest BCUT2D eigenvalue weighted by Gasteiger charge is 2.36. The van der Waals surface area contributed by atoms with E-state index in [1.54, 1.807) is 29.4 Å². The van der Waals surface area contributed by atoms with Gasteiger partial charge >= 0.3 is 0 Å². The molecule has 1 N–H and O–H groups in total. The van der Waals surface area contributed by atoms with E-state index in [0.717, 1.165) is 6.42 Å². The Morgan fingerprint density at radius 3 is 3.00 bits per heavy atom. The fraction of sp³-hybridized carbons (Fsp3) is 0.462. The summed E-state index contributed by atoms with van der Waals surface area (Å²) in [7, 11) is 0. The van der Waals surface area contributed by atoms with E-state index in [2.05, 4.69) is 10.3 Å². The van der Waals surface area contributed by atoms with Crippen molar-refractivity contribution in [3.63, 3.8) is 0 Å². The summed E-state index contributed by atoms with van der Waals surface area (Å²) in [4.78, 5) is 29.3. The van der Waals surface area contributed by atoms with Crippen molar-refractivity contribution in [1.82, 2.24) is 15.2 Å². The molecule has 19 heavy (non-hydrogen) atoms. The Labute approximate surface area is 110 Å². The Morgan fingerprint density at radius 2 is 2.21 bits per heavy atom. The topological polar surface area (TPSA) is 71.5 Å². The number of rotatable bonds is 1. The number of morpholine rings is 1. The largest absolute Gasteiger partial charge is 0.366 e. The Kier molecular flexibility index (Phi) is 3.16. The molecule has 2 fully saturated rings. The number of carbonyl (C=O) groups excluding carboxylic acids is 2. The number of hydrogen-bond acceptors (Lipinski definition) is 4. The van der Waals surface area contributed by atoms with Crippen molar-refractivity contribution >= 4 is 11.8 Å². The second-order valence-corrected chi connectivity index (χ2v) is 4.80. The van der Waals surface area contributed by atoms with Gasteiger partial charge in [0.05, 0.1) is 12.1 Å². The number of pyridine rings is 1. The van der Waals surface area contributed by atoms with Gasteiger partial charge in [0.15, 0.2) is 0 Å². The monoisotopic (exact) mass is 261 g/mol. The van der Waals surface area contributed by atoms with E-state index in [-0.39, 0.29) is 30.6 Å². The number of likely N-dealkylation sites (tertiary alicyclic amines) is 1. The maximum atomic E-state index is 12.3. The number of carbonyl (C=O) groups is 2. The summed E-state index contributed by atoms with van der Waals surface area (Å²) in [6.45, 7) is 1.27. The minimum atomic E-state index is -0.112. The molecule has 1 aromatic heterocycles. The lowest BCUT2D eigenvalue weighted by Crippen LogP contribution is -2.61. The summed E-state index contributed by atoms with van der Waals surface area (Å²) >= 11 is 0. The summed E-state index contributed by atoms with van der Waals surface area (Å²) < 4.78 is 5.47. The van der Waals surface area contributed by atoms with Crippen LogP contribution in [-0.4, -0.2) is 53.5 Å². The van der Waals surface area contributed by atoms with Crippen molar-refractivity contribution in [2.45, 2.75) is 18.6 Å². The summed E-state index contributed by atoms with van der Waals surface area (Å²) in [5.41, 5.74) is 0.622. The van der Waals surface area contributed by atoms with E-state index in [1.165, 1.54) is 0 Å². The minimum Gasteiger partial charge on any atom is -0.366 e. The lowest BCUT2D eigenvalue weighted by atomic mass is 10.00. The minimum absolute atomic E-state index is 0.0270. The van der Waals surface area contributed by atoms with Crippen LogP contribution in [0.1, 0.15) is 16.8 Å². The van der Waals surface area contributed by atoms with Gasteiger partial charge in [-0.2, -0.15) is 0 Å². The van der Waals surface area contributed by atoms with Crippen molar-refractivity contribution in [2.24, 2.45) is 0 Å². The zero-order chi connectivity index (χ0) is 13.2. The molecule has 0 bridgehead atoms. The molecule has 6 nitrogen and oxygen atoms in total. The zero-order valence-corrected chi connectivity index (χ0v) is 10.4. The molecule has 0 saturated carbocycles. The normalized spacial score (nSPS) is 26.5. The highest BCUT2D eigenvalue weighted by Crippen LogP contribution is 2.19. The number of amides is 2. The first-order chi connectivity index (χ1) is 9.24. The molecular weight excluding hydrogens is 246 g/mol. The average Bonchev–Trinajstić information content (AvgIpc) is 2.46. The number of ether oxygens (including phenoxy) is 1. The fourth-order valence-electron chi connectivity index (χ4n) is 2.56. The molecule has 2 atom stereocenters. The molecule has 0 aromatic carbocycles. The van der Waals surface area contributed by atoms with Crippen LogP contribution in [0.25, 0.3) is 0 Å². The van der Waals surface area contributed by atoms with Crippen LogP contribution in [0.3, 0.4) is 0 Å². The van der Waals surface area contributed by atoms with Crippen LogP contribution < -0.4 is 5.32 Å². The molecule has 3 rings (SSSR count). The maximum Gasteiger partial charge on any atom is 0.254 e. The van der Waals surface area contributed by atoms with Crippen LogP contribution >= 0.6 is 0 Å². The summed E-state index contributed by atoms with van der Waals surface area (Å²) in [5, 5.41) is 2.88. The van der Waals surface area contributed by atoms with Gasteiger partial charge in [0.1, 0.15) is 6.61 Å². The molecule has 2 aliphatic rings. The smallest absolute Gasteiger partial charge is 0.254 e. The van der Waals surface area contributed by atoms with Crippen LogP contribution in [0.15, 0.2) is 24.5 Å². The Bertz CT molecular complexity index is 491. The highest BCUT2D eigenvalue weighted by atomic mass is 16.5. The van der Waals surface area contributed by atoms with Crippen LogP contribution in [0.5, 0.6) is 0 Å². The predicted molar refractivity (Wildman–Crippen MR) is 66.4 cm³/mol. The van der Waals surface area contributed by atoms with E-state index >= 15 is 0 Å². The van der Waals surface area contributed by atoms with Gasteiger partial charge in [-0.05, 0) is 18.6 Å². The maximum absolute atomic E-state index is 12.3. The molecule has 3 heterocycles. The predicted octanol–water partition coefficient (Wildman–Crippen LogP) is -0.189. The molecule has 100 valence electrons. The van der Waals surface area contributed by atoms with Crippen LogP contribution in [0.4, 0.5) is 0 Å². The first-order valence-corrected chi connectivity index (χ1v) is 6.34. The summed E-state index contributed by atoms with van der Waals surface area (Å²) in [5.74, 6) is -0.139. The summed E-state index contributed by atoms with van der Waals surface area (Å²) in [6.07, 6.45) is 3.98. The Balaban J connectivity index is 1.70. The average molecular weight is 261 g/mol.